The van der Waals surface area contributed by atoms with Gasteiger partial charge in [0, 0.05) is 41.8 Å². The van der Waals surface area contributed by atoms with E-state index in [1.807, 2.05) is 33.8 Å². The zero-order chi connectivity index (χ0) is 22.7. The number of benzene rings is 1. The Morgan fingerprint density at radius 1 is 1.06 bits per heavy atom. The van der Waals surface area contributed by atoms with Crippen molar-refractivity contribution >= 4 is 23.0 Å². The van der Waals surface area contributed by atoms with Crippen molar-refractivity contribution in [1.29, 1.82) is 5.26 Å². The summed E-state index contributed by atoms with van der Waals surface area (Å²) in [4.78, 5) is 42.4. The van der Waals surface area contributed by atoms with E-state index < -0.39 is 16.8 Å². The average Bonchev–Trinajstić information content (AvgIpc) is 2.63. The molecule has 2 atom stereocenters. The van der Waals surface area contributed by atoms with Gasteiger partial charge in [-0.25, -0.2) is 0 Å². The second-order valence-corrected chi connectivity index (χ2v) is 10.5. The summed E-state index contributed by atoms with van der Waals surface area (Å²) in [7, 11) is 0. The van der Waals surface area contributed by atoms with Crippen LogP contribution in [0.1, 0.15) is 70.4 Å². The number of carbonyl (C=O) groups is 2. The predicted molar refractivity (Wildman–Crippen MR) is 115 cm³/mol. The van der Waals surface area contributed by atoms with Gasteiger partial charge in [-0.3, -0.25) is 24.7 Å². The Kier molecular flexibility index (Phi) is 4.73. The first kappa shape index (κ1) is 21.1. The molecular weight excluding hydrogens is 394 g/mol. The van der Waals surface area contributed by atoms with Gasteiger partial charge >= 0.3 is 0 Å². The number of fused-ring (bicyclic) bond motifs is 1. The van der Waals surface area contributed by atoms with E-state index in [1.165, 1.54) is 12.1 Å². The smallest absolute Gasteiger partial charge is 0.287 e. The van der Waals surface area contributed by atoms with E-state index in [2.05, 4.69) is 0 Å². The first-order valence-corrected chi connectivity index (χ1v) is 10.5. The molecule has 7 heteroatoms. The second kappa shape index (κ2) is 6.94. The van der Waals surface area contributed by atoms with Gasteiger partial charge in [-0.2, -0.15) is 5.26 Å². The van der Waals surface area contributed by atoms with Crippen LogP contribution in [0, 0.1) is 38.2 Å². The number of carbonyl (C=O) groups excluding carboxylic acids is 2. The highest BCUT2D eigenvalue weighted by atomic mass is 16.6. The van der Waals surface area contributed by atoms with Gasteiger partial charge in [-0.1, -0.05) is 33.8 Å². The zero-order valence-electron chi connectivity index (χ0n) is 18.2. The van der Waals surface area contributed by atoms with Crippen molar-refractivity contribution in [2.24, 2.45) is 21.7 Å². The summed E-state index contributed by atoms with van der Waals surface area (Å²) >= 11 is 0. The van der Waals surface area contributed by atoms with Gasteiger partial charge in [0.05, 0.1) is 10.8 Å². The van der Waals surface area contributed by atoms with Crippen LogP contribution in [-0.4, -0.2) is 22.2 Å². The summed E-state index contributed by atoms with van der Waals surface area (Å²) in [6, 6.07) is 6.26. The third kappa shape index (κ3) is 3.60. The Morgan fingerprint density at radius 3 is 2.39 bits per heavy atom. The highest BCUT2D eigenvalue weighted by Crippen LogP contribution is 2.51. The number of Topliss-reactive ketones (excluding diaryl/α,β-unsaturated/α-hetero) is 2. The molecule has 1 fully saturated rings. The molecule has 1 saturated carbocycles. The van der Waals surface area contributed by atoms with Gasteiger partial charge in [0.2, 0.25) is 0 Å². The Hall–Kier alpha value is -3.14. The van der Waals surface area contributed by atoms with Crippen molar-refractivity contribution in [3.63, 3.8) is 0 Å². The molecule has 0 saturated heterocycles. The summed E-state index contributed by atoms with van der Waals surface area (Å²) in [5, 5.41) is 20.8. The van der Waals surface area contributed by atoms with Gasteiger partial charge in [0.15, 0.2) is 5.78 Å². The van der Waals surface area contributed by atoms with E-state index in [4.69, 9.17) is 4.99 Å². The van der Waals surface area contributed by atoms with E-state index >= 15 is 0 Å². The van der Waals surface area contributed by atoms with Gasteiger partial charge < -0.3 is 0 Å². The molecular formula is C24H25N3O4. The van der Waals surface area contributed by atoms with Crippen molar-refractivity contribution in [2.45, 2.75) is 59.3 Å². The average molecular weight is 419 g/mol. The van der Waals surface area contributed by atoms with E-state index in [-0.39, 0.29) is 33.6 Å². The standard InChI is InChI=1S/C24H25N3O4/c1-23(2)8-15-21(18(28)10-23)20(13-5-6-14(12-25)17(7-13)27(30)31)22-16(26-15)9-24(3,4)11-19(22)29/h5-7,20-21H,8-11H2,1-4H3. The number of rotatable bonds is 2. The quantitative estimate of drug-likeness (QED) is 0.511. The van der Waals surface area contributed by atoms with E-state index in [0.717, 1.165) is 5.71 Å². The SMILES string of the molecule is CC1(C)CC(=O)C2C(=NC3=C(C(=O)CC(C)(C)C3)C2c2ccc(C#N)c([N+](=O)[O-])c2)C1. The summed E-state index contributed by atoms with van der Waals surface area (Å²) in [5.74, 6) is -1.23. The lowest BCUT2D eigenvalue weighted by atomic mass is 9.60. The minimum Gasteiger partial charge on any atom is -0.299 e. The van der Waals surface area contributed by atoms with E-state index in [9.17, 15) is 25.0 Å². The molecule has 0 amide bonds. The molecule has 0 radical (unpaired) electrons. The number of nitro groups is 1. The maximum absolute atomic E-state index is 13.3. The summed E-state index contributed by atoms with van der Waals surface area (Å²) in [6.45, 7) is 8.12. The number of nitro benzene ring substituents is 1. The number of hydrogen-bond donors (Lipinski definition) is 0. The second-order valence-electron chi connectivity index (χ2n) is 10.5. The van der Waals surface area contributed by atoms with Gasteiger partial charge in [0.25, 0.3) is 5.69 Å². The first-order valence-electron chi connectivity index (χ1n) is 10.5. The van der Waals surface area contributed by atoms with Crippen molar-refractivity contribution in [3.05, 3.63) is 50.7 Å². The molecule has 1 aliphatic heterocycles. The highest BCUT2D eigenvalue weighted by molar-refractivity contribution is 6.13. The maximum Gasteiger partial charge on any atom is 0.287 e. The maximum atomic E-state index is 13.3. The van der Waals surface area contributed by atoms with Crippen LogP contribution in [0.2, 0.25) is 0 Å². The predicted octanol–water partition coefficient (Wildman–Crippen LogP) is 4.65. The number of aliphatic imine (C=N–C) groups is 1. The Labute approximate surface area is 181 Å². The summed E-state index contributed by atoms with van der Waals surface area (Å²) in [6.07, 6.45) is 1.98. The van der Waals surface area contributed by atoms with E-state index in [1.54, 1.807) is 6.07 Å². The van der Waals surface area contributed by atoms with Crippen LogP contribution in [0.5, 0.6) is 0 Å². The van der Waals surface area contributed by atoms with Crippen LogP contribution in [0.4, 0.5) is 5.69 Å². The number of nitrogens with zero attached hydrogens (tertiary/aromatic N) is 3. The Bertz CT molecular complexity index is 1130. The molecule has 4 rings (SSSR count). The lowest BCUT2D eigenvalue weighted by molar-refractivity contribution is -0.385. The molecule has 1 aromatic carbocycles. The molecule has 2 unspecified atom stereocenters. The lowest BCUT2D eigenvalue weighted by Gasteiger charge is -2.44. The molecule has 31 heavy (non-hydrogen) atoms. The van der Waals surface area contributed by atoms with Crippen molar-refractivity contribution in [2.75, 3.05) is 0 Å². The van der Waals surface area contributed by atoms with Gasteiger partial charge in [-0.05, 0) is 35.3 Å². The molecule has 0 bridgehead atoms. The molecule has 0 spiro atoms. The largest absolute Gasteiger partial charge is 0.299 e. The highest BCUT2D eigenvalue weighted by Gasteiger charge is 2.50. The minimum absolute atomic E-state index is 0.0104. The monoisotopic (exact) mass is 419 g/mol. The minimum atomic E-state index is -0.596. The fourth-order valence-corrected chi connectivity index (χ4v) is 5.36. The number of allylic oxidation sites excluding steroid dienone is 2. The number of hydrogen-bond acceptors (Lipinski definition) is 6. The van der Waals surface area contributed by atoms with Crippen LogP contribution < -0.4 is 0 Å². The van der Waals surface area contributed by atoms with Crippen molar-refractivity contribution in [1.82, 2.24) is 0 Å². The van der Waals surface area contributed by atoms with Gasteiger partial charge in [-0.15, -0.1) is 0 Å². The fraction of sp³-hybridized carbons (Fsp3) is 0.500. The van der Waals surface area contributed by atoms with Crippen LogP contribution in [0.3, 0.4) is 0 Å². The molecule has 1 heterocycles. The first-order chi connectivity index (χ1) is 14.4. The summed E-state index contributed by atoms with van der Waals surface area (Å²) < 4.78 is 0. The molecule has 7 nitrogen and oxygen atoms in total. The normalized spacial score (nSPS) is 26.5. The Balaban J connectivity index is 1.94. The molecule has 0 aromatic heterocycles. The molecule has 0 N–H and O–H groups in total. The van der Waals surface area contributed by atoms with Crippen molar-refractivity contribution < 1.29 is 14.5 Å². The van der Waals surface area contributed by atoms with Crippen LogP contribution >= 0.6 is 0 Å². The number of nitriles is 1. The van der Waals surface area contributed by atoms with Crippen LogP contribution in [-0.2, 0) is 9.59 Å². The zero-order valence-corrected chi connectivity index (χ0v) is 18.2. The molecule has 2 aliphatic carbocycles. The third-order valence-corrected chi connectivity index (χ3v) is 6.54. The number of ketones is 2. The van der Waals surface area contributed by atoms with Crippen LogP contribution in [0.15, 0.2) is 34.5 Å². The van der Waals surface area contributed by atoms with E-state index in [0.29, 0.717) is 42.5 Å². The Morgan fingerprint density at radius 2 is 1.74 bits per heavy atom. The van der Waals surface area contributed by atoms with Crippen molar-refractivity contribution in [3.8, 4) is 6.07 Å². The van der Waals surface area contributed by atoms with Crippen LogP contribution in [0.25, 0.3) is 0 Å². The fourth-order valence-electron chi connectivity index (χ4n) is 5.36. The molecule has 160 valence electrons. The third-order valence-electron chi connectivity index (χ3n) is 6.54. The van der Waals surface area contributed by atoms with Gasteiger partial charge in [0.1, 0.15) is 17.4 Å². The molecule has 3 aliphatic rings. The summed E-state index contributed by atoms with van der Waals surface area (Å²) in [5.41, 5.74) is 1.70. The lowest BCUT2D eigenvalue weighted by Crippen LogP contribution is -2.45. The topological polar surface area (TPSA) is 113 Å². The molecule has 1 aromatic rings.